The van der Waals surface area contributed by atoms with E-state index in [0.29, 0.717) is 12.0 Å². The Morgan fingerprint density at radius 3 is 2.84 bits per heavy atom. The molecule has 1 fully saturated rings. The van der Waals surface area contributed by atoms with Crippen molar-refractivity contribution in [2.24, 2.45) is 5.92 Å². The molecule has 104 valence electrons. The molecule has 3 nitrogen and oxygen atoms in total. The quantitative estimate of drug-likeness (QED) is 0.823. The van der Waals surface area contributed by atoms with E-state index in [-0.39, 0.29) is 5.91 Å². The Balaban J connectivity index is 2.02. The van der Waals surface area contributed by atoms with Crippen LogP contribution in [0.15, 0.2) is 18.2 Å². The summed E-state index contributed by atoms with van der Waals surface area (Å²) in [4.78, 5) is 12.3. The van der Waals surface area contributed by atoms with Crippen LogP contribution in [0.1, 0.15) is 49.0 Å². The number of aryl methyl sites for hydroxylation is 1. The molecule has 0 heterocycles. The Kier molecular flexibility index (Phi) is 4.46. The van der Waals surface area contributed by atoms with Crippen LogP contribution >= 0.6 is 0 Å². The number of nitrogens with one attached hydrogen (secondary N) is 2. The molecule has 2 unspecified atom stereocenters. The summed E-state index contributed by atoms with van der Waals surface area (Å²) in [6, 6.07) is 6.34. The van der Waals surface area contributed by atoms with Crippen LogP contribution in [0.5, 0.6) is 0 Å². The van der Waals surface area contributed by atoms with Crippen molar-refractivity contribution < 1.29 is 4.79 Å². The van der Waals surface area contributed by atoms with E-state index in [0.717, 1.165) is 24.2 Å². The van der Waals surface area contributed by atoms with Crippen LogP contribution in [0, 0.1) is 12.8 Å². The fourth-order valence-electron chi connectivity index (χ4n) is 2.55. The first-order valence-electron chi connectivity index (χ1n) is 7.31. The zero-order valence-electron chi connectivity index (χ0n) is 12.1. The van der Waals surface area contributed by atoms with Crippen molar-refractivity contribution >= 4 is 11.6 Å². The Bertz CT molecular complexity index is 456. The second kappa shape index (κ2) is 6.09. The smallest absolute Gasteiger partial charge is 0.253 e. The molecule has 0 spiro atoms. The third-order valence-electron chi connectivity index (χ3n) is 3.69. The number of carbonyl (C=O) groups is 1. The highest BCUT2D eigenvalue weighted by Gasteiger charge is 2.37. The molecule has 1 amide bonds. The van der Waals surface area contributed by atoms with Crippen molar-refractivity contribution in [3.05, 3.63) is 29.3 Å². The molecule has 1 saturated carbocycles. The Morgan fingerprint density at radius 2 is 2.16 bits per heavy atom. The number of rotatable bonds is 6. The highest BCUT2D eigenvalue weighted by molar-refractivity contribution is 6.00. The van der Waals surface area contributed by atoms with E-state index in [2.05, 4.69) is 17.6 Å². The molecule has 0 bridgehead atoms. The molecule has 0 saturated heterocycles. The molecule has 1 aliphatic rings. The van der Waals surface area contributed by atoms with Gasteiger partial charge in [-0.2, -0.15) is 0 Å². The summed E-state index contributed by atoms with van der Waals surface area (Å²) in [5.41, 5.74) is 2.87. The molecule has 1 aromatic rings. The van der Waals surface area contributed by atoms with Gasteiger partial charge in [-0.3, -0.25) is 4.79 Å². The molecule has 1 aliphatic carbocycles. The van der Waals surface area contributed by atoms with Gasteiger partial charge in [-0.15, -0.1) is 0 Å². The van der Waals surface area contributed by atoms with Crippen LogP contribution in [-0.2, 0) is 0 Å². The molecule has 2 rings (SSSR count). The molecular weight excluding hydrogens is 236 g/mol. The minimum Gasteiger partial charge on any atom is -0.385 e. The van der Waals surface area contributed by atoms with Gasteiger partial charge in [-0.05, 0) is 50.3 Å². The lowest BCUT2D eigenvalue weighted by Crippen LogP contribution is -2.27. The van der Waals surface area contributed by atoms with Gasteiger partial charge in [-0.1, -0.05) is 19.4 Å². The van der Waals surface area contributed by atoms with Crippen molar-refractivity contribution in [3.8, 4) is 0 Å². The topological polar surface area (TPSA) is 41.1 Å². The summed E-state index contributed by atoms with van der Waals surface area (Å²) in [6.07, 6.45) is 3.56. The van der Waals surface area contributed by atoms with Gasteiger partial charge >= 0.3 is 0 Å². The molecule has 2 N–H and O–H groups in total. The predicted octanol–water partition coefficient (Wildman–Crippen LogP) is 3.35. The Hall–Kier alpha value is -1.51. The number of carbonyl (C=O) groups excluding carboxylic acids is 1. The van der Waals surface area contributed by atoms with E-state index < -0.39 is 0 Å². The maximum Gasteiger partial charge on any atom is 0.253 e. The van der Waals surface area contributed by atoms with Gasteiger partial charge in [0.05, 0.1) is 5.56 Å². The van der Waals surface area contributed by atoms with E-state index in [4.69, 9.17) is 0 Å². The van der Waals surface area contributed by atoms with Crippen LogP contribution in [0.25, 0.3) is 0 Å². The molecule has 0 radical (unpaired) electrons. The van der Waals surface area contributed by atoms with E-state index in [1.807, 2.05) is 32.0 Å². The van der Waals surface area contributed by atoms with Crippen LogP contribution in [-0.4, -0.2) is 18.5 Å². The molecule has 1 aromatic carbocycles. The summed E-state index contributed by atoms with van der Waals surface area (Å²) in [5, 5.41) is 6.41. The zero-order valence-corrected chi connectivity index (χ0v) is 12.1. The van der Waals surface area contributed by atoms with Crippen LogP contribution in [0.4, 0.5) is 5.69 Å². The largest absolute Gasteiger partial charge is 0.385 e. The van der Waals surface area contributed by atoms with Gasteiger partial charge in [0.15, 0.2) is 0 Å². The van der Waals surface area contributed by atoms with Gasteiger partial charge in [-0.25, -0.2) is 0 Å². The lowest BCUT2D eigenvalue weighted by molar-refractivity contribution is 0.0949. The Morgan fingerprint density at radius 1 is 1.37 bits per heavy atom. The number of hydrogen-bond donors (Lipinski definition) is 2. The lowest BCUT2D eigenvalue weighted by Gasteiger charge is -2.12. The van der Waals surface area contributed by atoms with Gasteiger partial charge in [0.2, 0.25) is 0 Å². The maximum atomic E-state index is 12.3. The third kappa shape index (κ3) is 3.49. The van der Waals surface area contributed by atoms with Gasteiger partial charge in [0.25, 0.3) is 5.91 Å². The summed E-state index contributed by atoms with van der Waals surface area (Å²) in [5.74, 6) is 0.751. The molecule has 0 aromatic heterocycles. The van der Waals surface area contributed by atoms with E-state index in [1.54, 1.807) is 0 Å². The average Bonchev–Trinajstić information content (AvgIpc) is 3.08. The first-order valence-corrected chi connectivity index (χ1v) is 7.31. The molecular formula is C16H24N2O. The maximum absolute atomic E-state index is 12.3. The monoisotopic (exact) mass is 260 g/mol. The van der Waals surface area contributed by atoms with E-state index in [9.17, 15) is 4.79 Å². The van der Waals surface area contributed by atoms with E-state index in [1.165, 1.54) is 18.4 Å². The number of hydrogen-bond acceptors (Lipinski definition) is 2. The lowest BCUT2D eigenvalue weighted by atomic mass is 10.1. The highest BCUT2D eigenvalue weighted by atomic mass is 16.1. The van der Waals surface area contributed by atoms with Gasteiger partial charge in [0, 0.05) is 18.3 Å². The van der Waals surface area contributed by atoms with Gasteiger partial charge in [0.1, 0.15) is 0 Å². The molecule has 0 aliphatic heterocycles. The number of benzene rings is 1. The van der Waals surface area contributed by atoms with Crippen molar-refractivity contribution in [3.63, 3.8) is 0 Å². The van der Waals surface area contributed by atoms with Gasteiger partial charge < -0.3 is 10.6 Å². The second-order valence-corrected chi connectivity index (χ2v) is 5.44. The van der Waals surface area contributed by atoms with Crippen molar-refractivity contribution in [2.45, 2.75) is 46.1 Å². The summed E-state index contributed by atoms with van der Waals surface area (Å²) in [6.45, 7) is 7.11. The minimum atomic E-state index is 0.0551. The second-order valence-electron chi connectivity index (χ2n) is 5.44. The van der Waals surface area contributed by atoms with Crippen LogP contribution in [0.2, 0.25) is 0 Å². The van der Waals surface area contributed by atoms with E-state index >= 15 is 0 Å². The van der Waals surface area contributed by atoms with Crippen molar-refractivity contribution in [2.75, 3.05) is 11.9 Å². The summed E-state index contributed by atoms with van der Waals surface area (Å²) < 4.78 is 0. The fourth-order valence-corrected chi connectivity index (χ4v) is 2.55. The van der Waals surface area contributed by atoms with Crippen LogP contribution < -0.4 is 10.6 Å². The number of anilines is 1. The Labute approximate surface area is 115 Å². The number of amides is 1. The molecule has 3 heteroatoms. The summed E-state index contributed by atoms with van der Waals surface area (Å²) >= 11 is 0. The first kappa shape index (κ1) is 13.9. The SMILES string of the molecule is CCCC1CC1NC(=O)c1ccc(C)cc1NCC. The normalized spacial score (nSPS) is 21.0. The fraction of sp³-hybridized carbons (Fsp3) is 0.562. The van der Waals surface area contributed by atoms with Crippen molar-refractivity contribution in [1.82, 2.24) is 5.32 Å². The molecule has 19 heavy (non-hydrogen) atoms. The molecule has 2 atom stereocenters. The zero-order chi connectivity index (χ0) is 13.8. The van der Waals surface area contributed by atoms with Crippen LogP contribution in [0.3, 0.4) is 0 Å². The highest BCUT2D eigenvalue weighted by Crippen LogP contribution is 2.35. The predicted molar refractivity (Wildman–Crippen MR) is 79.6 cm³/mol. The standard InChI is InChI=1S/C16H24N2O/c1-4-6-12-10-14(12)18-16(19)13-8-7-11(3)9-15(13)17-5-2/h7-9,12,14,17H,4-6,10H2,1-3H3,(H,18,19). The minimum absolute atomic E-state index is 0.0551. The van der Waals surface area contributed by atoms with Crippen molar-refractivity contribution in [1.29, 1.82) is 0 Å². The summed E-state index contributed by atoms with van der Waals surface area (Å²) in [7, 11) is 0. The first-order chi connectivity index (χ1) is 9.15. The third-order valence-corrected chi connectivity index (χ3v) is 3.69. The average molecular weight is 260 g/mol.